The number of hydrogen-bond acceptors (Lipinski definition) is 6. The van der Waals surface area contributed by atoms with E-state index in [1.54, 1.807) is 23.0 Å². The van der Waals surface area contributed by atoms with E-state index in [2.05, 4.69) is 44.6 Å². The zero-order valence-corrected chi connectivity index (χ0v) is 13.6. The minimum atomic E-state index is 0.299. The summed E-state index contributed by atoms with van der Waals surface area (Å²) in [5, 5.41) is 7.81. The van der Waals surface area contributed by atoms with Crippen LogP contribution in [0.25, 0.3) is 17.2 Å². The molecular formula is C18H18N6O. The molecule has 0 fully saturated rings. The van der Waals surface area contributed by atoms with Crippen molar-refractivity contribution in [3.05, 3.63) is 66.1 Å². The molecule has 0 saturated heterocycles. The molecule has 1 aromatic carbocycles. The van der Waals surface area contributed by atoms with Gasteiger partial charge in [0.25, 0.3) is 0 Å². The van der Waals surface area contributed by atoms with Gasteiger partial charge in [-0.2, -0.15) is 4.52 Å². The Kier molecular flexibility index (Phi) is 4.14. The number of benzene rings is 1. The standard InChI is InChI=1S/C18H18N6O/c19-18-21-12-14(11-20-9-8-13-5-2-1-3-6-13)17-22-16(23-24(17)18)15-7-4-10-25-15/h1-7,10,12,20H,8-9,11H2,(H2,19,21). The van der Waals surface area contributed by atoms with Crippen molar-refractivity contribution in [2.45, 2.75) is 13.0 Å². The fourth-order valence-electron chi connectivity index (χ4n) is 2.67. The monoisotopic (exact) mass is 334 g/mol. The van der Waals surface area contributed by atoms with Crippen molar-refractivity contribution in [3.8, 4) is 11.6 Å². The van der Waals surface area contributed by atoms with Crippen molar-refractivity contribution in [2.75, 3.05) is 12.3 Å². The van der Waals surface area contributed by atoms with Crippen LogP contribution in [0.1, 0.15) is 11.1 Å². The molecule has 4 aromatic rings. The maximum absolute atomic E-state index is 5.92. The highest BCUT2D eigenvalue weighted by Gasteiger charge is 2.14. The average molecular weight is 334 g/mol. The molecule has 0 bridgehead atoms. The number of hydrogen-bond donors (Lipinski definition) is 2. The third-order valence-corrected chi connectivity index (χ3v) is 3.95. The lowest BCUT2D eigenvalue weighted by Gasteiger charge is -2.06. The van der Waals surface area contributed by atoms with Crippen LogP contribution in [0.15, 0.2) is 59.3 Å². The van der Waals surface area contributed by atoms with E-state index in [4.69, 9.17) is 10.2 Å². The van der Waals surface area contributed by atoms with Crippen molar-refractivity contribution in [1.29, 1.82) is 0 Å². The van der Waals surface area contributed by atoms with Crippen LogP contribution in [0, 0.1) is 0 Å². The summed E-state index contributed by atoms with van der Waals surface area (Å²) in [5.41, 5.74) is 8.85. The third-order valence-electron chi connectivity index (χ3n) is 3.95. The lowest BCUT2D eigenvalue weighted by atomic mass is 10.1. The van der Waals surface area contributed by atoms with E-state index < -0.39 is 0 Å². The first-order valence-electron chi connectivity index (χ1n) is 8.10. The highest BCUT2D eigenvalue weighted by Crippen LogP contribution is 2.19. The molecule has 0 spiro atoms. The first kappa shape index (κ1) is 15.3. The second kappa shape index (κ2) is 6.74. The van der Waals surface area contributed by atoms with Gasteiger partial charge in [-0.1, -0.05) is 30.3 Å². The van der Waals surface area contributed by atoms with Crippen LogP contribution in [0.4, 0.5) is 5.95 Å². The SMILES string of the molecule is Nc1ncc(CNCCc2ccccc2)c2nc(-c3ccco3)nn12. The summed E-state index contributed by atoms with van der Waals surface area (Å²) in [6.07, 6.45) is 4.29. The van der Waals surface area contributed by atoms with Gasteiger partial charge in [0.2, 0.25) is 11.8 Å². The maximum Gasteiger partial charge on any atom is 0.223 e. The van der Waals surface area contributed by atoms with Crippen molar-refractivity contribution >= 4 is 11.6 Å². The van der Waals surface area contributed by atoms with Crippen LogP contribution in [0.2, 0.25) is 0 Å². The molecule has 4 rings (SSSR count). The minimum absolute atomic E-state index is 0.299. The third kappa shape index (κ3) is 3.22. The number of rotatable bonds is 6. The minimum Gasteiger partial charge on any atom is -0.461 e. The number of aromatic nitrogens is 4. The molecule has 7 nitrogen and oxygen atoms in total. The molecule has 0 unspecified atom stereocenters. The molecule has 0 atom stereocenters. The van der Waals surface area contributed by atoms with Crippen LogP contribution in [-0.2, 0) is 13.0 Å². The van der Waals surface area contributed by atoms with E-state index in [0.717, 1.165) is 18.5 Å². The molecule has 0 saturated carbocycles. The second-order valence-corrected chi connectivity index (χ2v) is 5.70. The van der Waals surface area contributed by atoms with E-state index in [9.17, 15) is 0 Å². The van der Waals surface area contributed by atoms with Gasteiger partial charge in [0, 0.05) is 18.3 Å². The summed E-state index contributed by atoms with van der Waals surface area (Å²) >= 11 is 0. The number of nitrogen functional groups attached to an aromatic ring is 1. The topological polar surface area (TPSA) is 94.3 Å². The van der Waals surface area contributed by atoms with E-state index in [0.29, 0.717) is 29.7 Å². The molecule has 0 amide bonds. The fraction of sp³-hybridized carbons (Fsp3) is 0.167. The van der Waals surface area contributed by atoms with Gasteiger partial charge in [-0.3, -0.25) is 0 Å². The van der Waals surface area contributed by atoms with Gasteiger partial charge in [-0.05, 0) is 30.7 Å². The molecule has 7 heteroatoms. The summed E-state index contributed by atoms with van der Waals surface area (Å²) < 4.78 is 6.91. The molecule has 3 heterocycles. The predicted octanol–water partition coefficient (Wildman–Crippen LogP) is 2.30. The van der Waals surface area contributed by atoms with Crippen molar-refractivity contribution < 1.29 is 4.42 Å². The Morgan fingerprint density at radius 1 is 1.12 bits per heavy atom. The number of furan rings is 1. The Morgan fingerprint density at radius 3 is 2.80 bits per heavy atom. The molecule has 0 aliphatic rings. The summed E-state index contributed by atoms with van der Waals surface area (Å²) in [6.45, 7) is 1.50. The Bertz CT molecular complexity index is 962. The van der Waals surface area contributed by atoms with Gasteiger partial charge in [0.05, 0.1) is 6.26 Å². The molecule has 25 heavy (non-hydrogen) atoms. The Labute approximate surface area is 144 Å². The van der Waals surface area contributed by atoms with Gasteiger partial charge in [0.15, 0.2) is 11.4 Å². The van der Waals surface area contributed by atoms with E-state index >= 15 is 0 Å². The van der Waals surface area contributed by atoms with Crippen LogP contribution in [0.5, 0.6) is 0 Å². The van der Waals surface area contributed by atoms with Gasteiger partial charge in [-0.15, -0.1) is 5.10 Å². The van der Waals surface area contributed by atoms with E-state index in [1.807, 2.05) is 12.1 Å². The van der Waals surface area contributed by atoms with Crippen LogP contribution in [0.3, 0.4) is 0 Å². The highest BCUT2D eigenvalue weighted by molar-refractivity contribution is 5.57. The van der Waals surface area contributed by atoms with Crippen molar-refractivity contribution in [2.24, 2.45) is 0 Å². The number of nitrogens with zero attached hydrogens (tertiary/aromatic N) is 4. The van der Waals surface area contributed by atoms with Crippen molar-refractivity contribution in [3.63, 3.8) is 0 Å². The van der Waals surface area contributed by atoms with E-state index in [1.165, 1.54) is 5.56 Å². The Hall–Kier alpha value is -3.19. The van der Waals surface area contributed by atoms with Crippen LogP contribution < -0.4 is 11.1 Å². The number of nitrogens with one attached hydrogen (secondary N) is 1. The zero-order chi connectivity index (χ0) is 17.1. The molecule has 3 aromatic heterocycles. The highest BCUT2D eigenvalue weighted by atomic mass is 16.3. The molecule has 0 aliphatic heterocycles. The van der Waals surface area contributed by atoms with Crippen LogP contribution >= 0.6 is 0 Å². The van der Waals surface area contributed by atoms with Crippen LogP contribution in [-0.4, -0.2) is 26.1 Å². The zero-order valence-electron chi connectivity index (χ0n) is 13.6. The van der Waals surface area contributed by atoms with Gasteiger partial charge in [-0.25, -0.2) is 9.97 Å². The predicted molar refractivity (Wildman–Crippen MR) is 94.7 cm³/mol. The lowest BCUT2D eigenvalue weighted by Crippen LogP contribution is -2.18. The lowest BCUT2D eigenvalue weighted by molar-refractivity contribution is 0.577. The molecule has 0 radical (unpaired) electrons. The number of nitrogens with two attached hydrogens (primary N) is 1. The first-order chi connectivity index (χ1) is 12.3. The van der Waals surface area contributed by atoms with E-state index in [-0.39, 0.29) is 0 Å². The largest absolute Gasteiger partial charge is 0.461 e. The smallest absolute Gasteiger partial charge is 0.223 e. The van der Waals surface area contributed by atoms with Gasteiger partial charge in [0.1, 0.15) is 0 Å². The normalized spacial score (nSPS) is 11.2. The Morgan fingerprint density at radius 2 is 2.00 bits per heavy atom. The first-order valence-corrected chi connectivity index (χ1v) is 8.10. The van der Waals surface area contributed by atoms with Gasteiger partial charge >= 0.3 is 0 Å². The maximum atomic E-state index is 5.92. The molecule has 126 valence electrons. The fourth-order valence-corrected chi connectivity index (χ4v) is 2.67. The molecular weight excluding hydrogens is 316 g/mol. The Balaban J connectivity index is 1.50. The summed E-state index contributed by atoms with van der Waals surface area (Å²) in [4.78, 5) is 8.76. The number of anilines is 1. The quantitative estimate of drug-likeness (QED) is 0.525. The molecule has 3 N–H and O–H groups in total. The summed E-state index contributed by atoms with van der Waals surface area (Å²) in [6, 6.07) is 14.0. The number of fused-ring (bicyclic) bond motifs is 1. The summed E-state index contributed by atoms with van der Waals surface area (Å²) in [5.74, 6) is 1.40. The second-order valence-electron chi connectivity index (χ2n) is 5.70. The average Bonchev–Trinajstić information content (AvgIpc) is 3.31. The van der Waals surface area contributed by atoms with Gasteiger partial charge < -0.3 is 15.5 Å². The van der Waals surface area contributed by atoms with Crippen molar-refractivity contribution in [1.82, 2.24) is 24.9 Å². The summed E-state index contributed by atoms with van der Waals surface area (Å²) in [7, 11) is 0. The molecule has 0 aliphatic carbocycles.